The van der Waals surface area contributed by atoms with Crippen molar-refractivity contribution in [3.8, 4) is 0 Å². The Morgan fingerprint density at radius 2 is 2.07 bits per heavy atom. The van der Waals surface area contributed by atoms with Crippen molar-refractivity contribution < 1.29 is 5.11 Å². The Bertz CT molecular complexity index is 301. The summed E-state index contributed by atoms with van der Waals surface area (Å²) in [7, 11) is 0. The molecule has 3 heteroatoms. The lowest BCUT2D eigenvalue weighted by atomic mass is 10.0. The largest absolute Gasteiger partial charge is 0.392 e. The van der Waals surface area contributed by atoms with Crippen LogP contribution in [0.5, 0.6) is 0 Å². The van der Waals surface area contributed by atoms with Crippen molar-refractivity contribution in [1.29, 1.82) is 0 Å². The summed E-state index contributed by atoms with van der Waals surface area (Å²) in [6.45, 7) is 5.51. The van der Waals surface area contributed by atoms with Gasteiger partial charge in [-0.2, -0.15) is 0 Å². The Balaban J connectivity index is 2.43. The first-order valence-electron chi connectivity index (χ1n) is 5.24. The van der Waals surface area contributed by atoms with Gasteiger partial charge in [0.1, 0.15) is 0 Å². The van der Waals surface area contributed by atoms with Gasteiger partial charge in [-0.3, -0.25) is 0 Å². The van der Waals surface area contributed by atoms with Gasteiger partial charge in [0.05, 0.1) is 6.10 Å². The van der Waals surface area contributed by atoms with E-state index in [1.54, 1.807) is 6.92 Å². The summed E-state index contributed by atoms with van der Waals surface area (Å²) >= 11 is 3.46. The molecule has 0 amide bonds. The first-order chi connectivity index (χ1) is 7.09. The van der Waals surface area contributed by atoms with Gasteiger partial charge in [0.15, 0.2) is 0 Å². The number of nitrogens with one attached hydrogen (secondary N) is 1. The summed E-state index contributed by atoms with van der Waals surface area (Å²) in [5.41, 5.74) is 1.31. The van der Waals surface area contributed by atoms with Crippen molar-refractivity contribution in [1.82, 2.24) is 5.32 Å². The van der Waals surface area contributed by atoms with Crippen molar-refractivity contribution in [3.63, 3.8) is 0 Å². The maximum Gasteiger partial charge on any atom is 0.0636 e. The number of hydrogen-bond donors (Lipinski definition) is 2. The van der Waals surface area contributed by atoms with E-state index in [0.29, 0.717) is 12.5 Å². The van der Waals surface area contributed by atoms with Gasteiger partial charge in [0.25, 0.3) is 0 Å². The molecule has 0 fully saturated rings. The van der Waals surface area contributed by atoms with Gasteiger partial charge < -0.3 is 10.4 Å². The Labute approximate surface area is 99.8 Å². The Hall–Kier alpha value is -0.380. The molecule has 1 aromatic carbocycles. The zero-order valence-electron chi connectivity index (χ0n) is 9.20. The Morgan fingerprint density at radius 1 is 1.33 bits per heavy atom. The summed E-state index contributed by atoms with van der Waals surface area (Å²) in [5, 5.41) is 12.3. The van der Waals surface area contributed by atoms with Crippen LogP contribution in [0.4, 0.5) is 0 Å². The topological polar surface area (TPSA) is 32.3 Å². The van der Waals surface area contributed by atoms with Crippen molar-refractivity contribution in [2.75, 3.05) is 13.1 Å². The molecule has 0 bridgehead atoms. The Morgan fingerprint density at radius 3 is 2.67 bits per heavy atom. The molecule has 0 saturated heterocycles. The molecule has 0 heterocycles. The molecule has 1 aromatic rings. The third kappa shape index (κ3) is 4.78. The fraction of sp³-hybridized carbons (Fsp3) is 0.500. The first kappa shape index (κ1) is 12.7. The second kappa shape index (κ2) is 6.26. The van der Waals surface area contributed by atoms with E-state index >= 15 is 0 Å². The minimum atomic E-state index is -0.278. The highest BCUT2D eigenvalue weighted by molar-refractivity contribution is 9.10. The van der Waals surface area contributed by atoms with Crippen LogP contribution in [0.3, 0.4) is 0 Å². The number of benzene rings is 1. The molecule has 0 spiro atoms. The molecule has 0 aliphatic carbocycles. The van der Waals surface area contributed by atoms with E-state index in [4.69, 9.17) is 5.11 Å². The molecule has 0 aliphatic rings. The van der Waals surface area contributed by atoms with Crippen LogP contribution in [0.2, 0.25) is 0 Å². The third-order valence-electron chi connectivity index (χ3n) is 2.31. The molecule has 2 N–H and O–H groups in total. The number of rotatable bonds is 5. The normalized spacial score (nSPS) is 14.9. The van der Waals surface area contributed by atoms with Crippen molar-refractivity contribution in [3.05, 3.63) is 34.3 Å². The summed E-state index contributed by atoms with van der Waals surface area (Å²) in [6, 6.07) is 8.33. The molecule has 0 saturated carbocycles. The van der Waals surface area contributed by atoms with E-state index in [-0.39, 0.29) is 6.10 Å². The maximum atomic E-state index is 9.11. The zero-order chi connectivity index (χ0) is 11.3. The van der Waals surface area contributed by atoms with Crippen LogP contribution in [0.1, 0.15) is 25.3 Å². The second-order valence-electron chi connectivity index (χ2n) is 3.96. The van der Waals surface area contributed by atoms with Gasteiger partial charge in [-0.15, -0.1) is 0 Å². The van der Waals surface area contributed by atoms with Gasteiger partial charge in [0, 0.05) is 17.6 Å². The average molecular weight is 272 g/mol. The number of hydrogen-bond acceptors (Lipinski definition) is 2. The lowest BCUT2D eigenvalue weighted by Gasteiger charge is -2.14. The fourth-order valence-corrected chi connectivity index (χ4v) is 1.86. The van der Waals surface area contributed by atoms with Crippen LogP contribution in [0.15, 0.2) is 28.7 Å². The minimum Gasteiger partial charge on any atom is -0.392 e. The van der Waals surface area contributed by atoms with Crippen molar-refractivity contribution >= 4 is 15.9 Å². The zero-order valence-corrected chi connectivity index (χ0v) is 10.8. The highest BCUT2D eigenvalue weighted by Crippen LogP contribution is 2.18. The van der Waals surface area contributed by atoms with Gasteiger partial charge in [0.2, 0.25) is 0 Å². The molecule has 84 valence electrons. The lowest BCUT2D eigenvalue weighted by molar-refractivity contribution is 0.191. The summed E-state index contributed by atoms with van der Waals surface area (Å²) in [5.74, 6) is 0.459. The van der Waals surface area contributed by atoms with Crippen LogP contribution in [0, 0.1) is 0 Å². The average Bonchev–Trinajstić information content (AvgIpc) is 2.17. The number of aliphatic hydroxyl groups excluding tert-OH is 1. The van der Waals surface area contributed by atoms with Crippen LogP contribution < -0.4 is 5.32 Å². The van der Waals surface area contributed by atoms with Crippen LogP contribution >= 0.6 is 15.9 Å². The van der Waals surface area contributed by atoms with E-state index in [1.807, 2.05) is 12.1 Å². The predicted molar refractivity (Wildman–Crippen MR) is 67.1 cm³/mol. The third-order valence-corrected chi connectivity index (χ3v) is 2.80. The summed E-state index contributed by atoms with van der Waals surface area (Å²) < 4.78 is 1.11. The predicted octanol–water partition coefficient (Wildman–Crippen LogP) is 2.52. The highest BCUT2D eigenvalue weighted by atomic mass is 79.9. The molecule has 2 nitrogen and oxygen atoms in total. The van der Waals surface area contributed by atoms with Gasteiger partial charge in [-0.05, 0) is 30.5 Å². The second-order valence-corrected chi connectivity index (χ2v) is 4.88. The molecular weight excluding hydrogens is 254 g/mol. The molecular formula is C12H18BrNO. The smallest absolute Gasteiger partial charge is 0.0636 e. The van der Waals surface area contributed by atoms with Crippen LogP contribution in [0.25, 0.3) is 0 Å². The van der Waals surface area contributed by atoms with E-state index in [9.17, 15) is 0 Å². The highest BCUT2D eigenvalue weighted by Gasteiger charge is 2.05. The quantitative estimate of drug-likeness (QED) is 0.863. The SMILES string of the molecule is CC(O)CNCC(C)c1cccc(Br)c1. The molecule has 2 unspecified atom stereocenters. The maximum absolute atomic E-state index is 9.11. The molecule has 0 radical (unpaired) electrons. The Kier molecular flexibility index (Phi) is 5.29. The fourth-order valence-electron chi connectivity index (χ4n) is 1.44. The monoisotopic (exact) mass is 271 g/mol. The minimum absolute atomic E-state index is 0.278. The van der Waals surface area contributed by atoms with Gasteiger partial charge >= 0.3 is 0 Å². The van der Waals surface area contributed by atoms with Crippen molar-refractivity contribution in [2.24, 2.45) is 0 Å². The van der Waals surface area contributed by atoms with Crippen LogP contribution in [-0.4, -0.2) is 24.3 Å². The summed E-state index contributed by atoms with van der Waals surface area (Å²) in [4.78, 5) is 0. The number of aliphatic hydroxyl groups is 1. The molecule has 2 atom stereocenters. The van der Waals surface area contributed by atoms with E-state index in [2.05, 4.69) is 40.3 Å². The van der Waals surface area contributed by atoms with Gasteiger partial charge in [-0.25, -0.2) is 0 Å². The van der Waals surface area contributed by atoms with E-state index in [1.165, 1.54) is 5.56 Å². The van der Waals surface area contributed by atoms with Crippen LogP contribution in [-0.2, 0) is 0 Å². The lowest BCUT2D eigenvalue weighted by Crippen LogP contribution is -2.27. The molecule has 15 heavy (non-hydrogen) atoms. The molecule has 0 aromatic heterocycles. The number of halogens is 1. The van der Waals surface area contributed by atoms with Crippen molar-refractivity contribution in [2.45, 2.75) is 25.9 Å². The summed E-state index contributed by atoms with van der Waals surface area (Å²) in [6.07, 6.45) is -0.278. The molecule has 1 rings (SSSR count). The first-order valence-corrected chi connectivity index (χ1v) is 6.03. The molecule has 0 aliphatic heterocycles. The van der Waals surface area contributed by atoms with Gasteiger partial charge in [-0.1, -0.05) is 35.0 Å². The van der Waals surface area contributed by atoms with E-state index < -0.39 is 0 Å². The van der Waals surface area contributed by atoms with E-state index in [0.717, 1.165) is 11.0 Å². The standard InChI is InChI=1S/C12H18BrNO/c1-9(7-14-8-10(2)15)11-4-3-5-12(13)6-11/h3-6,9-10,14-15H,7-8H2,1-2H3.